The third-order valence-electron chi connectivity index (χ3n) is 4.84. The van der Waals surface area contributed by atoms with Crippen LogP contribution in [0.2, 0.25) is 5.15 Å². The topological polar surface area (TPSA) is 105 Å². The van der Waals surface area contributed by atoms with E-state index in [0.29, 0.717) is 35.6 Å². The molecule has 1 aliphatic rings. The molecule has 0 bridgehead atoms. The average molecular weight is 467 g/mol. The fourth-order valence-electron chi connectivity index (χ4n) is 3.25. The van der Waals surface area contributed by atoms with E-state index in [1.54, 1.807) is 31.2 Å². The number of ketones is 1. The lowest BCUT2D eigenvalue weighted by atomic mass is 10.1. The van der Waals surface area contributed by atoms with Crippen molar-refractivity contribution in [3.63, 3.8) is 0 Å². The van der Waals surface area contributed by atoms with Gasteiger partial charge < -0.3 is 9.47 Å². The molecule has 0 amide bonds. The molecule has 1 aliphatic heterocycles. The average Bonchev–Trinajstić information content (AvgIpc) is 3.23. The monoisotopic (exact) mass is 466 g/mol. The molecule has 0 aliphatic carbocycles. The number of carbonyl (C=O) groups excluding carboxylic acids is 2. The summed E-state index contributed by atoms with van der Waals surface area (Å²) in [6, 6.07) is 6.25. The van der Waals surface area contributed by atoms with Crippen molar-refractivity contribution >= 4 is 39.3 Å². The summed E-state index contributed by atoms with van der Waals surface area (Å²) in [6.07, 6.45) is 3.06. The van der Waals surface area contributed by atoms with Crippen LogP contribution in [0.25, 0.3) is 6.08 Å². The van der Waals surface area contributed by atoms with Gasteiger partial charge in [0.15, 0.2) is 22.2 Å². The van der Waals surface area contributed by atoms with Gasteiger partial charge in [-0.2, -0.15) is 5.10 Å². The van der Waals surface area contributed by atoms with Crippen molar-refractivity contribution in [2.24, 2.45) is 0 Å². The number of halogens is 1. The number of esters is 1. The zero-order valence-electron chi connectivity index (χ0n) is 17.2. The van der Waals surface area contributed by atoms with Gasteiger partial charge in [-0.15, -0.1) is 0 Å². The zero-order chi connectivity index (χ0) is 22.6. The van der Waals surface area contributed by atoms with Crippen molar-refractivity contribution in [1.29, 1.82) is 0 Å². The summed E-state index contributed by atoms with van der Waals surface area (Å²) in [7, 11) is -3.08. The Bertz CT molecular complexity index is 1110. The molecule has 1 aromatic heterocycles. The predicted molar refractivity (Wildman–Crippen MR) is 116 cm³/mol. The number of rotatable bonds is 8. The second kappa shape index (κ2) is 9.65. The second-order valence-electron chi connectivity index (χ2n) is 7.11. The highest BCUT2D eigenvalue weighted by molar-refractivity contribution is 7.91. The molecule has 0 radical (unpaired) electrons. The molecule has 10 heteroatoms. The molecule has 0 spiro atoms. The molecule has 1 unspecified atom stereocenters. The van der Waals surface area contributed by atoms with E-state index in [9.17, 15) is 18.0 Å². The van der Waals surface area contributed by atoms with Crippen LogP contribution in [0, 0.1) is 6.92 Å². The van der Waals surface area contributed by atoms with Crippen LogP contribution < -0.4 is 4.74 Å². The number of benzene rings is 1. The van der Waals surface area contributed by atoms with Crippen molar-refractivity contribution in [3.05, 3.63) is 52.3 Å². The molecular formula is C21H23ClN2O6S. The fourth-order valence-corrected chi connectivity index (χ4v) is 5.32. The highest BCUT2D eigenvalue weighted by Crippen LogP contribution is 2.30. The van der Waals surface area contributed by atoms with E-state index >= 15 is 0 Å². The number of carbonyl (C=O) groups is 2. The van der Waals surface area contributed by atoms with E-state index in [1.165, 1.54) is 10.8 Å². The Morgan fingerprint density at radius 3 is 2.61 bits per heavy atom. The van der Waals surface area contributed by atoms with Gasteiger partial charge in [-0.25, -0.2) is 17.9 Å². The maximum Gasteiger partial charge on any atom is 0.331 e. The van der Waals surface area contributed by atoms with Crippen LogP contribution in [0.1, 0.15) is 41.0 Å². The van der Waals surface area contributed by atoms with E-state index < -0.39 is 22.4 Å². The minimum atomic E-state index is -3.08. The maximum atomic E-state index is 12.2. The van der Waals surface area contributed by atoms with Gasteiger partial charge in [-0.05, 0) is 50.6 Å². The molecule has 1 atom stereocenters. The zero-order valence-corrected chi connectivity index (χ0v) is 18.8. The van der Waals surface area contributed by atoms with Gasteiger partial charge >= 0.3 is 5.97 Å². The number of nitrogens with zero attached hydrogens (tertiary/aromatic N) is 2. The summed E-state index contributed by atoms with van der Waals surface area (Å²) >= 11 is 6.37. The van der Waals surface area contributed by atoms with Crippen molar-refractivity contribution in [2.75, 3.05) is 24.7 Å². The van der Waals surface area contributed by atoms with Gasteiger partial charge in [-0.3, -0.25) is 4.79 Å². The summed E-state index contributed by atoms with van der Waals surface area (Å²) in [4.78, 5) is 24.2. The van der Waals surface area contributed by atoms with Crippen LogP contribution >= 0.6 is 11.6 Å². The summed E-state index contributed by atoms with van der Waals surface area (Å²) in [5, 5.41) is 4.58. The number of hydrogen-bond acceptors (Lipinski definition) is 7. The van der Waals surface area contributed by atoms with Crippen molar-refractivity contribution in [2.45, 2.75) is 26.3 Å². The third-order valence-corrected chi connectivity index (χ3v) is 6.97. The summed E-state index contributed by atoms with van der Waals surface area (Å²) in [5.41, 5.74) is 1.47. The Labute approximate surface area is 185 Å². The fraction of sp³-hybridized carbons (Fsp3) is 0.381. The number of aromatic nitrogens is 2. The molecule has 0 saturated carbocycles. The van der Waals surface area contributed by atoms with Gasteiger partial charge in [0.05, 0.1) is 29.8 Å². The molecular weight excluding hydrogens is 444 g/mol. The lowest BCUT2D eigenvalue weighted by Crippen LogP contribution is -2.12. The van der Waals surface area contributed by atoms with Gasteiger partial charge in [0.25, 0.3) is 0 Å². The van der Waals surface area contributed by atoms with E-state index in [2.05, 4.69) is 5.10 Å². The standard InChI is InChI=1S/C21H23ClN2O6S/c1-3-29-17-6-4-15(5-7-17)19(25)12-30-20(26)9-8-18-14(2)23-24(21(18)22)16-10-11-31(27,28)13-16/h4-9,16H,3,10-13H2,1-2H3/b9-8+. The largest absolute Gasteiger partial charge is 0.494 e. The number of sulfone groups is 1. The van der Waals surface area contributed by atoms with E-state index in [-0.39, 0.29) is 28.5 Å². The van der Waals surface area contributed by atoms with Crippen LogP contribution in [0.15, 0.2) is 30.3 Å². The van der Waals surface area contributed by atoms with Crippen molar-refractivity contribution in [1.82, 2.24) is 9.78 Å². The minimum absolute atomic E-state index is 0.00725. The van der Waals surface area contributed by atoms with Crippen molar-refractivity contribution in [3.8, 4) is 5.75 Å². The van der Waals surface area contributed by atoms with Crippen LogP contribution in [0.3, 0.4) is 0 Å². The smallest absolute Gasteiger partial charge is 0.331 e. The van der Waals surface area contributed by atoms with Crippen LogP contribution in [-0.4, -0.2) is 54.7 Å². The quantitative estimate of drug-likeness (QED) is 0.334. The Hall–Kier alpha value is -2.65. The molecule has 1 fully saturated rings. The van der Waals surface area contributed by atoms with Crippen LogP contribution in [0.5, 0.6) is 5.75 Å². The normalized spacial score (nSPS) is 17.7. The van der Waals surface area contributed by atoms with E-state index in [0.717, 1.165) is 6.08 Å². The van der Waals surface area contributed by atoms with Gasteiger partial charge in [-0.1, -0.05) is 11.6 Å². The molecule has 3 rings (SSSR count). The first kappa shape index (κ1) is 23.0. The Balaban J connectivity index is 1.59. The molecule has 0 N–H and O–H groups in total. The lowest BCUT2D eigenvalue weighted by Gasteiger charge is -2.09. The third kappa shape index (κ3) is 5.74. The SMILES string of the molecule is CCOc1ccc(C(=O)COC(=O)/C=C/c2c(C)nn(C3CCS(=O)(=O)C3)c2Cl)cc1. The number of Topliss-reactive ketones (excluding diaryl/α,β-unsaturated/α-hetero) is 1. The molecule has 1 saturated heterocycles. The molecule has 1 aromatic carbocycles. The van der Waals surface area contributed by atoms with Crippen LogP contribution in [0.4, 0.5) is 0 Å². The lowest BCUT2D eigenvalue weighted by molar-refractivity contribution is -0.136. The first-order chi connectivity index (χ1) is 14.7. The maximum absolute atomic E-state index is 12.2. The second-order valence-corrected chi connectivity index (χ2v) is 9.70. The minimum Gasteiger partial charge on any atom is -0.494 e. The Morgan fingerprint density at radius 1 is 1.29 bits per heavy atom. The highest BCUT2D eigenvalue weighted by atomic mass is 35.5. The van der Waals surface area contributed by atoms with Crippen LogP contribution in [-0.2, 0) is 19.4 Å². The number of hydrogen-bond donors (Lipinski definition) is 0. The number of ether oxygens (including phenoxy) is 2. The highest BCUT2D eigenvalue weighted by Gasteiger charge is 2.31. The molecule has 2 aromatic rings. The summed E-state index contributed by atoms with van der Waals surface area (Å²) in [5.74, 6) is -0.290. The van der Waals surface area contributed by atoms with Gasteiger partial charge in [0.1, 0.15) is 10.9 Å². The van der Waals surface area contributed by atoms with Crippen molar-refractivity contribution < 1.29 is 27.5 Å². The van der Waals surface area contributed by atoms with Gasteiger partial charge in [0, 0.05) is 17.2 Å². The molecule has 166 valence electrons. The summed E-state index contributed by atoms with van der Waals surface area (Å²) < 4.78 is 35.3. The van der Waals surface area contributed by atoms with E-state index in [1.807, 2.05) is 6.92 Å². The number of aryl methyl sites for hydroxylation is 1. The predicted octanol–water partition coefficient (Wildman–Crippen LogP) is 3.04. The first-order valence-corrected chi connectivity index (χ1v) is 12.0. The Morgan fingerprint density at radius 2 is 2.00 bits per heavy atom. The van der Waals surface area contributed by atoms with E-state index in [4.69, 9.17) is 21.1 Å². The molecule has 31 heavy (non-hydrogen) atoms. The van der Waals surface area contributed by atoms with Gasteiger partial charge in [0.2, 0.25) is 0 Å². The molecule has 8 nitrogen and oxygen atoms in total. The summed E-state index contributed by atoms with van der Waals surface area (Å²) in [6.45, 7) is 3.71. The Kier molecular flexibility index (Phi) is 7.17. The molecule has 2 heterocycles. The first-order valence-electron chi connectivity index (χ1n) is 9.76.